The highest BCUT2D eigenvalue weighted by atomic mass is 16.4. The van der Waals surface area contributed by atoms with Crippen molar-refractivity contribution in [3.63, 3.8) is 0 Å². The Morgan fingerprint density at radius 2 is 2.20 bits per heavy atom. The maximum absolute atomic E-state index is 12.2. The third-order valence-electron chi connectivity index (χ3n) is 4.21. The highest BCUT2D eigenvalue weighted by Crippen LogP contribution is 2.42. The minimum Gasteiger partial charge on any atom is -0.478 e. The first-order valence-corrected chi connectivity index (χ1v) is 6.91. The van der Waals surface area contributed by atoms with E-state index in [1.807, 2.05) is 0 Å². The number of nitrogens with one attached hydrogen (secondary N) is 1. The van der Waals surface area contributed by atoms with Crippen molar-refractivity contribution in [3.05, 3.63) is 23.2 Å². The molecule has 1 aliphatic carbocycles. The van der Waals surface area contributed by atoms with E-state index in [9.17, 15) is 9.59 Å². The second kappa shape index (κ2) is 5.31. The molecular weight excluding hydrogens is 258 g/mol. The summed E-state index contributed by atoms with van der Waals surface area (Å²) in [6.07, 6.45) is 3.05. The van der Waals surface area contributed by atoms with Gasteiger partial charge in [0.25, 0.3) is 0 Å². The van der Waals surface area contributed by atoms with E-state index in [2.05, 4.69) is 19.2 Å². The Kier molecular flexibility index (Phi) is 3.88. The van der Waals surface area contributed by atoms with E-state index >= 15 is 0 Å². The molecule has 1 aromatic rings. The fraction of sp³-hybridized carbons (Fsp3) is 0.600. The predicted octanol–water partition coefficient (Wildman–Crippen LogP) is 2.73. The van der Waals surface area contributed by atoms with Crippen LogP contribution in [-0.4, -0.2) is 17.0 Å². The van der Waals surface area contributed by atoms with Crippen molar-refractivity contribution in [1.29, 1.82) is 0 Å². The highest BCUT2D eigenvalue weighted by Gasteiger charge is 2.39. The summed E-state index contributed by atoms with van der Waals surface area (Å²) in [6, 6.07) is 1.47. The van der Waals surface area contributed by atoms with Gasteiger partial charge in [0.15, 0.2) is 0 Å². The molecule has 5 nitrogen and oxygen atoms in total. The number of amides is 1. The lowest BCUT2D eigenvalue weighted by Gasteiger charge is -2.25. The average Bonchev–Trinajstić information content (AvgIpc) is 2.89. The van der Waals surface area contributed by atoms with Gasteiger partial charge in [0.05, 0.1) is 6.54 Å². The number of carboxylic acid groups (broad SMARTS) is 1. The molecule has 110 valence electrons. The zero-order valence-corrected chi connectivity index (χ0v) is 12.2. The van der Waals surface area contributed by atoms with Crippen LogP contribution in [0.1, 0.15) is 55.0 Å². The highest BCUT2D eigenvalue weighted by molar-refractivity contribution is 5.88. The van der Waals surface area contributed by atoms with Crippen LogP contribution < -0.4 is 5.32 Å². The lowest BCUT2D eigenvalue weighted by molar-refractivity contribution is -0.127. The minimum atomic E-state index is -1.01. The third-order valence-corrected chi connectivity index (χ3v) is 4.21. The Morgan fingerprint density at radius 3 is 2.70 bits per heavy atom. The van der Waals surface area contributed by atoms with Crippen molar-refractivity contribution in [2.24, 2.45) is 11.3 Å². The number of aryl methyl sites for hydroxylation is 1. The van der Waals surface area contributed by atoms with Gasteiger partial charge in [-0.1, -0.05) is 20.3 Å². The topological polar surface area (TPSA) is 79.5 Å². The Morgan fingerprint density at radius 1 is 1.50 bits per heavy atom. The summed E-state index contributed by atoms with van der Waals surface area (Å²) in [6.45, 7) is 6.07. The van der Waals surface area contributed by atoms with Gasteiger partial charge in [0.1, 0.15) is 17.1 Å². The molecular formula is C15H21NO4. The van der Waals surface area contributed by atoms with Crippen molar-refractivity contribution >= 4 is 11.9 Å². The molecule has 0 saturated heterocycles. The second-order valence-corrected chi connectivity index (χ2v) is 6.14. The smallest absolute Gasteiger partial charge is 0.339 e. The molecule has 0 spiro atoms. The van der Waals surface area contributed by atoms with Gasteiger partial charge in [0, 0.05) is 5.92 Å². The summed E-state index contributed by atoms with van der Waals surface area (Å²) in [7, 11) is 0. The summed E-state index contributed by atoms with van der Waals surface area (Å²) in [5.41, 5.74) is 0.186. The van der Waals surface area contributed by atoms with E-state index in [1.54, 1.807) is 6.92 Å². The number of rotatable bonds is 4. The van der Waals surface area contributed by atoms with Crippen LogP contribution in [0.4, 0.5) is 0 Å². The van der Waals surface area contributed by atoms with Crippen LogP contribution in [-0.2, 0) is 11.3 Å². The number of aromatic carboxylic acids is 1. The van der Waals surface area contributed by atoms with Gasteiger partial charge in [-0.25, -0.2) is 4.79 Å². The van der Waals surface area contributed by atoms with Gasteiger partial charge in [-0.3, -0.25) is 4.79 Å². The fourth-order valence-electron chi connectivity index (χ4n) is 2.95. The maximum Gasteiger partial charge on any atom is 0.339 e. The van der Waals surface area contributed by atoms with E-state index in [4.69, 9.17) is 9.52 Å². The SMILES string of the molecule is Cc1oc(CNC(=O)C2CCCC2(C)C)cc1C(=O)O. The Hall–Kier alpha value is -1.78. The van der Waals surface area contributed by atoms with Crippen LogP contribution in [0, 0.1) is 18.3 Å². The first kappa shape index (κ1) is 14.6. The molecule has 1 saturated carbocycles. The summed E-state index contributed by atoms with van der Waals surface area (Å²) >= 11 is 0. The first-order chi connectivity index (χ1) is 9.31. The number of hydrogen-bond donors (Lipinski definition) is 2. The van der Waals surface area contributed by atoms with Gasteiger partial charge in [0.2, 0.25) is 5.91 Å². The summed E-state index contributed by atoms with van der Waals surface area (Å²) < 4.78 is 5.35. The third kappa shape index (κ3) is 2.86. The normalized spacial score (nSPS) is 20.9. The average molecular weight is 279 g/mol. The van der Waals surface area contributed by atoms with Crippen LogP contribution >= 0.6 is 0 Å². The van der Waals surface area contributed by atoms with E-state index in [-0.39, 0.29) is 29.3 Å². The molecule has 20 heavy (non-hydrogen) atoms. The van der Waals surface area contributed by atoms with Crippen molar-refractivity contribution < 1.29 is 19.1 Å². The Labute approximate surface area is 118 Å². The minimum absolute atomic E-state index is 0.0255. The standard InChI is InChI=1S/C15H21NO4/c1-9-11(14(18)19)7-10(20-9)8-16-13(17)12-5-4-6-15(12,2)3/h7,12H,4-6,8H2,1-3H3,(H,16,17)(H,18,19). The monoisotopic (exact) mass is 279 g/mol. The summed E-state index contributed by atoms with van der Waals surface area (Å²) in [4.78, 5) is 23.1. The van der Waals surface area contributed by atoms with Gasteiger partial charge in [-0.2, -0.15) is 0 Å². The molecule has 5 heteroatoms. The molecule has 1 unspecified atom stereocenters. The van der Waals surface area contributed by atoms with E-state index in [0.29, 0.717) is 11.5 Å². The molecule has 1 amide bonds. The van der Waals surface area contributed by atoms with Gasteiger partial charge in [-0.15, -0.1) is 0 Å². The van der Waals surface area contributed by atoms with E-state index < -0.39 is 5.97 Å². The maximum atomic E-state index is 12.2. The van der Waals surface area contributed by atoms with Crippen LogP contribution in [0.2, 0.25) is 0 Å². The molecule has 1 fully saturated rings. The van der Waals surface area contributed by atoms with Gasteiger partial charge in [-0.05, 0) is 31.2 Å². The zero-order valence-electron chi connectivity index (χ0n) is 12.2. The van der Waals surface area contributed by atoms with Gasteiger partial charge >= 0.3 is 5.97 Å². The zero-order chi connectivity index (χ0) is 14.9. The van der Waals surface area contributed by atoms with Gasteiger partial charge < -0.3 is 14.8 Å². The number of carboxylic acids is 1. The van der Waals surface area contributed by atoms with Crippen LogP contribution in [0.15, 0.2) is 10.5 Å². The van der Waals surface area contributed by atoms with Crippen molar-refractivity contribution in [1.82, 2.24) is 5.32 Å². The van der Waals surface area contributed by atoms with Crippen LogP contribution in [0.3, 0.4) is 0 Å². The molecule has 2 rings (SSSR count). The molecule has 0 aromatic carbocycles. The van der Waals surface area contributed by atoms with Crippen LogP contribution in [0.5, 0.6) is 0 Å². The van der Waals surface area contributed by atoms with Crippen molar-refractivity contribution in [2.45, 2.75) is 46.6 Å². The molecule has 0 aliphatic heterocycles. The summed E-state index contributed by atoms with van der Waals surface area (Å²) in [5, 5.41) is 11.8. The molecule has 1 atom stereocenters. The van der Waals surface area contributed by atoms with E-state index in [0.717, 1.165) is 19.3 Å². The molecule has 0 radical (unpaired) electrons. The molecule has 1 aromatic heterocycles. The summed E-state index contributed by atoms with van der Waals surface area (Å²) in [5.74, 6) is -0.122. The lowest BCUT2D eigenvalue weighted by atomic mass is 9.81. The largest absolute Gasteiger partial charge is 0.478 e. The lowest BCUT2D eigenvalue weighted by Crippen LogP contribution is -2.35. The van der Waals surface area contributed by atoms with Crippen molar-refractivity contribution in [2.75, 3.05) is 0 Å². The van der Waals surface area contributed by atoms with E-state index in [1.165, 1.54) is 6.07 Å². The fourth-order valence-corrected chi connectivity index (χ4v) is 2.95. The molecule has 1 aliphatic rings. The number of carbonyl (C=O) groups is 2. The first-order valence-electron chi connectivity index (χ1n) is 6.91. The Balaban J connectivity index is 1.97. The van der Waals surface area contributed by atoms with Crippen LogP contribution in [0.25, 0.3) is 0 Å². The second-order valence-electron chi connectivity index (χ2n) is 6.14. The van der Waals surface area contributed by atoms with Crippen molar-refractivity contribution in [3.8, 4) is 0 Å². The predicted molar refractivity (Wildman–Crippen MR) is 73.4 cm³/mol. The quantitative estimate of drug-likeness (QED) is 0.888. The number of furan rings is 1. The molecule has 1 heterocycles. The number of carbonyl (C=O) groups excluding carboxylic acids is 1. The molecule has 2 N–H and O–H groups in total. The number of hydrogen-bond acceptors (Lipinski definition) is 3. The Bertz CT molecular complexity index is 530. The molecule has 0 bridgehead atoms.